The van der Waals surface area contributed by atoms with Crippen LogP contribution >= 0.6 is 0 Å². The lowest BCUT2D eigenvalue weighted by atomic mass is 9.82. The van der Waals surface area contributed by atoms with Gasteiger partial charge in [-0.15, -0.1) is 0 Å². The molecule has 0 bridgehead atoms. The molecule has 0 fully saturated rings. The van der Waals surface area contributed by atoms with Crippen molar-refractivity contribution in [2.45, 2.75) is 31.3 Å². The van der Waals surface area contributed by atoms with Gasteiger partial charge < -0.3 is 9.64 Å². The molecule has 272 valence electrons. The Balaban J connectivity index is 1.00. The standard InChI is InChI=1S/C55H41NO/c1-55(2)49-26-13-11-22-44(49)45-33-32-40(34-50(45)55)56(51-27-14-12-20-41(51)36-16-5-3-6-17-36)39-30-28-38(29-31-39)42-24-15-25-47-53-46-23-10-9-21-43(46)48(35-52(53)57-54(42)47)37-18-7-4-8-19-37/h3-35,47,54H,1-2H3. The number of rotatable bonds is 6. The second-order valence-corrected chi connectivity index (χ2v) is 16.0. The van der Waals surface area contributed by atoms with Gasteiger partial charge in [0.1, 0.15) is 11.9 Å². The summed E-state index contributed by atoms with van der Waals surface area (Å²) in [6.07, 6.45) is 6.67. The van der Waals surface area contributed by atoms with E-state index in [0.717, 1.165) is 22.8 Å². The molecule has 0 aromatic heterocycles. The van der Waals surface area contributed by atoms with Gasteiger partial charge in [-0.2, -0.15) is 0 Å². The van der Waals surface area contributed by atoms with Crippen LogP contribution < -0.4 is 9.64 Å². The molecule has 0 radical (unpaired) electrons. The molecular weight excluding hydrogens is 691 g/mol. The summed E-state index contributed by atoms with van der Waals surface area (Å²) in [5.74, 6) is 1.10. The Morgan fingerprint density at radius 1 is 0.491 bits per heavy atom. The SMILES string of the molecule is CC1(C)c2ccccc2-c2ccc(N(c3ccc(C4=CC=CC5c6c(cc(-c7ccccc7)c7ccccc67)OC45)cc3)c3ccccc3-c3ccccc3)cc21. The van der Waals surface area contributed by atoms with Gasteiger partial charge in [0.15, 0.2) is 0 Å². The maximum absolute atomic E-state index is 6.99. The average molecular weight is 732 g/mol. The molecule has 1 aliphatic heterocycles. The minimum absolute atomic E-state index is 0.110. The highest BCUT2D eigenvalue weighted by Crippen LogP contribution is 2.53. The molecule has 0 spiro atoms. The lowest BCUT2D eigenvalue weighted by Gasteiger charge is -2.30. The van der Waals surface area contributed by atoms with E-state index in [1.54, 1.807) is 0 Å². The van der Waals surface area contributed by atoms with Gasteiger partial charge in [0, 0.05) is 39.4 Å². The summed E-state index contributed by atoms with van der Waals surface area (Å²) in [6.45, 7) is 4.71. The molecule has 1 heterocycles. The number of fused-ring (bicyclic) bond motifs is 8. The molecule has 0 amide bonds. The van der Waals surface area contributed by atoms with Gasteiger partial charge in [0.25, 0.3) is 0 Å². The molecule has 2 aliphatic carbocycles. The summed E-state index contributed by atoms with van der Waals surface area (Å²) in [4.78, 5) is 2.43. The normalized spacial score (nSPS) is 16.9. The fraction of sp³-hybridized carbons (Fsp3) is 0.0909. The van der Waals surface area contributed by atoms with Crippen LogP contribution in [0.15, 0.2) is 200 Å². The Bertz CT molecular complexity index is 2900. The number of para-hydroxylation sites is 1. The molecule has 2 nitrogen and oxygen atoms in total. The van der Waals surface area contributed by atoms with E-state index in [1.165, 1.54) is 72.0 Å². The molecule has 2 unspecified atom stereocenters. The van der Waals surface area contributed by atoms with Crippen LogP contribution in [-0.4, -0.2) is 6.10 Å². The minimum atomic E-state index is -0.111. The maximum Gasteiger partial charge on any atom is 0.135 e. The van der Waals surface area contributed by atoms with E-state index < -0.39 is 0 Å². The molecule has 11 rings (SSSR count). The first-order valence-corrected chi connectivity index (χ1v) is 20.0. The third kappa shape index (κ3) is 5.32. The molecule has 8 aromatic carbocycles. The summed E-state index contributed by atoms with van der Waals surface area (Å²) in [5, 5.41) is 2.52. The number of allylic oxidation sites excluding steroid dienone is 2. The number of anilines is 3. The fourth-order valence-corrected chi connectivity index (χ4v) is 9.71. The van der Waals surface area contributed by atoms with Crippen LogP contribution in [0.25, 0.3) is 49.7 Å². The molecule has 0 N–H and O–H groups in total. The van der Waals surface area contributed by atoms with E-state index >= 15 is 0 Å². The summed E-state index contributed by atoms with van der Waals surface area (Å²) >= 11 is 0. The molecule has 0 saturated carbocycles. The number of hydrogen-bond donors (Lipinski definition) is 0. The van der Waals surface area contributed by atoms with E-state index in [1.807, 2.05) is 0 Å². The van der Waals surface area contributed by atoms with Crippen molar-refractivity contribution in [3.8, 4) is 39.1 Å². The zero-order valence-corrected chi connectivity index (χ0v) is 32.1. The monoisotopic (exact) mass is 731 g/mol. The third-order valence-corrected chi connectivity index (χ3v) is 12.5. The molecular formula is C55H41NO. The van der Waals surface area contributed by atoms with Gasteiger partial charge >= 0.3 is 0 Å². The summed E-state index contributed by atoms with van der Waals surface area (Å²) < 4.78 is 6.99. The van der Waals surface area contributed by atoms with Crippen molar-refractivity contribution >= 4 is 33.4 Å². The Kier molecular flexibility index (Phi) is 7.69. The topological polar surface area (TPSA) is 12.5 Å². The zero-order valence-electron chi connectivity index (χ0n) is 32.1. The maximum atomic E-state index is 6.99. The Morgan fingerprint density at radius 2 is 1.11 bits per heavy atom. The van der Waals surface area contributed by atoms with Crippen molar-refractivity contribution in [3.05, 3.63) is 222 Å². The van der Waals surface area contributed by atoms with Crippen molar-refractivity contribution in [1.82, 2.24) is 0 Å². The Labute approximate surface area is 334 Å². The first-order chi connectivity index (χ1) is 28.0. The van der Waals surface area contributed by atoms with Crippen molar-refractivity contribution in [2.24, 2.45) is 0 Å². The third-order valence-electron chi connectivity index (χ3n) is 12.5. The largest absolute Gasteiger partial charge is 0.484 e. The van der Waals surface area contributed by atoms with Crippen molar-refractivity contribution in [2.75, 3.05) is 4.90 Å². The summed E-state index contributed by atoms with van der Waals surface area (Å²) in [7, 11) is 0. The number of ether oxygens (including phenoxy) is 1. The first kappa shape index (κ1) is 33.4. The van der Waals surface area contributed by atoms with Crippen LogP contribution in [0.5, 0.6) is 5.75 Å². The van der Waals surface area contributed by atoms with Crippen molar-refractivity contribution in [3.63, 3.8) is 0 Å². The first-order valence-electron chi connectivity index (χ1n) is 20.0. The highest BCUT2D eigenvalue weighted by atomic mass is 16.5. The summed E-state index contributed by atoms with van der Waals surface area (Å²) in [6, 6.07) is 66.3. The van der Waals surface area contributed by atoms with E-state index in [4.69, 9.17) is 4.74 Å². The zero-order chi connectivity index (χ0) is 38.1. The smallest absolute Gasteiger partial charge is 0.135 e. The van der Waals surface area contributed by atoms with Crippen LogP contribution in [0.3, 0.4) is 0 Å². The second-order valence-electron chi connectivity index (χ2n) is 16.0. The number of benzene rings is 8. The van der Waals surface area contributed by atoms with Crippen LogP contribution in [0.2, 0.25) is 0 Å². The molecule has 2 atom stereocenters. The highest BCUT2D eigenvalue weighted by Gasteiger charge is 2.39. The lowest BCUT2D eigenvalue weighted by Crippen LogP contribution is -2.21. The molecule has 0 saturated heterocycles. The van der Waals surface area contributed by atoms with E-state index in [0.29, 0.717) is 0 Å². The predicted molar refractivity (Wildman–Crippen MR) is 238 cm³/mol. The van der Waals surface area contributed by atoms with Crippen LogP contribution in [0.1, 0.15) is 42.0 Å². The van der Waals surface area contributed by atoms with Gasteiger partial charge in [-0.05, 0) is 91.7 Å². The number of hydrogen-bond acceptors (Lipinski definition) is 2. The van der Waals surface area contributed by atoms with Crippen LogP contribution in [0, 0.1) is 0 Å². The van der Waals surface area contributed by atoms with Crippen LogP contribution in [-0.2, 0) is 5.41 Å². The quantitative estimate of drug-likeness (QED) is 0.169. The summed E-state index contributed by atoms with van der Waals surface area (Å²) in [5.41, 5.74) is 17.1. The van der Waals surface area contributed by atoms with E-state index in [-0.39, 0.29) is 17.4 Å². The molecule has 2 heteroatoms. The highest BCUT2D eigenvalue weighted by molar-refractivity contribution is 6.02. The van der Waals surface area contributed by atoms with Gasteiger partial charge in [-0.25, -0.2) is 0 Å². The predicted octanol–water partition coefficient (Wildman–Crippen LogP) is 14.4. The van der Waals surface area contributed by atoms with E-state index in [2.05, 4.69) is 219 Å². The van der Waals surface area contributed by atoms with Gasteiger partial charge in [-0.3, -0.25) is 0 Å². The molecule has 3 aliphatic rings. The molecule has 57 heavy (non-hydrogen) atoms. The van der Waals surface area contributed by atoms with Gasteiger partial charge in [-0.1, -0.05) is 178 Å². The fourth-order valence-electron chi connectivity index (χ4n) is 9.71. The van der Waals surface area contributed by atoms with Crippen molar-refractivity contribution < 1.29 is 4.74 Å². The number of nitrogens with zero attached hydrogens (tertiary/aromatic N) is 1. The van der Waals surface area contributed by atoms with Gasteiger partial charge in [0.2, 0.25) is 0 Å². The van der Waals surface area contributed by atoms with Gasteiger partial charge in [0.05, 0.1) is 5.69 Å². The lowest BCUT2D eigenvalue weighted by molar-refractivity contribution is 0.278. The van der Waals surface area contributed by atoms with Crippen molar-refractivity contribution in [1.29, 1.82) is 0 Å². The Hall–Kier alpha value is -6.90. The molecule has 8 aromatic rings. The van der Waals surface area contributed by atoms with Crippen LogP contribution in [0.4, 0.5) is 17.1 Å². The average Bonchev–Trinajstić information content (AvgIpc) is 3.76. The Morgan fingerprint density at radius 3 is 1.88 bits per heavy atom. The van der Waals surface area contributed by atoms with E-state index in [9.17, 15) is 0 Å². The second kappa shape index (κ2) is 13.1. The minimum Gasteiger partial charge on any atom is -0.484 e.